The minimum absolute atomic E-state index is 0.434. The van der Waals surface area contributed by atoms with Crippen molar-refractivity contribution in [2.24, 2.45) is 0 Å². The summed E-state index contributed by atoms with van der Waals surface area (Å²) in [5.74, 6) is -1.76. The summed E-state index contributed by atoms with van der Waals surface area (Å²) in [6, 6.07) is 6.75. The Morgan fingerprint density at radius 2 is 2.10 bits per heavy atom. The third-order valence-electron chi connectivity index (χ3n) is 2.52. The van der Waals surface area contributed by atoms with Gasteiger partial charge in [-0.1, -0.05) is 6.07 Å². The Hall–Kier alpha value is -2.19. The molecule has 1 unspecified atom stereocenters. The maximum atomic E-state index is 12.0. The summed E-state index contributed by atoms with van der Waals surface area (Å²) >= 11 is 0. The third-order valence-corrected chi connectivity index (χ3v) is 3.93. The molecule has 2 N–H and O–H groups in total. The number of carboxylic acids is 1. The van der Waals surface area contributed by atoms with Crippen LogP contribution < -0.4 is 4.72 Å². The topological polar surface area (TPSA) is 110 Å². The van der Waals surface area contributed by atoms with E-state index in [0.717, 1.165) is 12.1 Å². The van der Waals surface area contributed by atoms with E-state index in [0.29, 0.717) is 5.69 Å². The van der Waals surface area contributed by atoms with E-state index in [1.807, 2.05) is 0 Å². The molecule has 0 aliphatic carbocycles. The van der Waals surface area contributed by atoms with E-state index in [2.05, 4.69) is 9.71 Å². The molecule has 0 radical (unpaired) electrons. The van der Waals surface area contributed by atoms with Gasteiger partial charge in [-0.15, -0.1) is 0 Å². The van der Waals surface area contributed by atoms with Gasteiger partial charge in [0.25, 0.3) is 10.0 Å². The van der Waals surface area contributed by atoms with Crippen molar-refractivity contribution in [3.05, 3.63) is 48.0 Å². The molecule has 2 rings (SSSR count). The molecule has 0 bridgehead atoms. The first-order valence-electron chi connectivity index (χ1n) is 5.66. The van der Waals surface area contributed by atoms with Crippen LogP contribution in [0.2, 0.25) is 0 Å². The number of pyridine rings is 1. The predicted octanol–water partition coefficient (Wildman–Crippen LogP) is 1.41. The number of hydrogen-bond donors (Lipinski definition) is 2. The fourth-order valence-electron chi connectivity index (χ4n) is 1.56. The molecule has 2 aromatic heterocycles. The molecule has 0 aliphatic heterocycles. The largest absolute Gasteiger partial charge is 0.475 e. The number of aromatic nitrogens is 1. The highest BCUT2D eigenvalue weighted by atomic mass is 32.2. The molecule has 7 nitrogen and oxygen atoms in total. The van der Waals surface area contributed by atoms with E-state index in [4.69, 9.17) is 9.52 Å². The van der Waals surface area contributed by atoms with Crippen molar-refractivity contribution in [3.8, 4) is 0 Å². The van der Waals surface area contributed by atoms with Crippen LogP contribution in [-0.2, 0) is 10.0 Å². The normalized spacial score (nSPS) is 13.1. The fraction of sp³-hybridized carbons (Fsp3) is 0.167. The first-order valence-corrected chi connectivity index (χ1v) is 7.15. The lowest BCUT2D eigenvalue weighted by atomic mass is 10.2. The molecular formula is C12H12N2O5S. The van der Waals surface area contributed by atoms with Crippen LogP contribution in [0.15, 0.2) is 46.0 Å². The number of carbonyl (C=O) groups is 1. The van der Waals surface area contributed by atoms with Gasteiger partial charge in [0.15, 0.2) is 0 Å². The second-order valence-corrected chi connectivity index (χ2v) is 5.67. The van der Waals surface area contributed by atoms with Crippen molar-refractivity contribution in [2.45, 2.75) is 18.1 Å². The zero-order valence-corrected chi connectivity index (χ0v) is 11.3. The number of sulfonamides is 1. The molecule has 8 heteroatoms. The van der Waals surface area contributed by atoms with Crippen LogP contribution in [0.4, 0.5) is 0 Å². The van der Waals surface area contributed by atoms with Gasteiger partial charge in [-0.25, -0.2) is 13.2 Å². The van der Waals surface area contributed by atoms with Crippen molar-refractivity contribution >= 4 is 16.0 Å². The first kappa shape index (κ1) is 14.2. The quantitative estimate of drug-likeness (QED) is 0.863. The number of furan rings is 1. The molecule has 0 aromatic carbocycles. The summed E-state index contributed by atoms with van der Waals surface area (Å²) in [7, 11) is -3.94. The van der Waals surface area contributed by atoms with Gasteiger partial charge < -0.3 is 9.52 Å². The van der Waals surface area contributed by atoms with Crippen molar-refractivity contribution in [1.29, 1.82) is 0 Å². The summed E-state index contributed by atoms with van der Waals surface area (Å²) in [6.45, 7) is 1.63. The molecule has 0 saturated carbocycles. The highest BCUT2D eigenvalue weighted by Crippen LogP contribution is 2.17. The zero-order chi connectivity index (χ0) is 14.8. The third kappa shape index (κ3) is 3.03. The Morgan fingerprint density at radius 3 is 2.65 bits per heavy atom. The Labute approximate surface area is 115 Å². The van der Waals surface area contributed by atoms with Gasteiger partial charge in [0.1, 0.15) is 0 Å². The predicted molar refractivity (Wildman–Crippen MR) is 68.6 cm³/mol. The molecule has 0 saturated heterocycles. The smallest absolute Gasteiger partial charge is 0.371 e. The van der Waals surface area contributed by atoms with E-state index < -0.39 is 32.9 Å². The van der Waals surface area contributed by atoms with Gasteiger partial charge >= 0.3 is 5.97 Å². The minimum Gasteiger partial charge on any atom is -0.475 e. The van der Waals surface area contributed by atoms with Gasteiger partial charge in [0.2, 0.25) is 10.9 Å². The number of rotatable bonds is 5. The molecule has 106 valence electrons. The lowest BCUT2D eigenvalue weighted by molar-refractivity contribution is 0.0656. The molecule has 0 amide bonds. The average Bonchev–Trinajstić information content (AvgIpc) is 2.90. The first-order chi connectivity index (χ1) is 9.40. The summed E-state index contributed by atoms with van der Waals surface area (Å²) < 4.78 is 31.2. The molecule has 2 aromatic rings. The van der Waals surface area contributed by atoms with Gasteiger partial charge in [-0.05, 0) is 31.2 Å². The standard InChI is InChI=1S/C12H12N2O5S/c1-8(9-4-2-3-7-13-9)14-20(17,18)11-6-5-10(19-11)12(15)16/h2-8,14H,1H3,(H,15,16). The Balaban J connectivity index is 2.20. The highest BCUT2D eigenvalue weighted by molar-refractivity contribution is 7.89. The Bertz CT molecular complexity index is 708. The van der Waals surface area contributed by atoms with Crippen LogP contribution in [-0.4, -0.2) is 24.5 Å². The van der Waals surface area contributed by atoms with Crippen LogP contribution in [0.5, 0.6) is 0 Å². The maximum Gasteiger partial charge on any atom is 0.371 e. The van der Waals surface area contributed by atoms with Crippen LogP contribution in [0, 0.1) is 0 Å². The SMILES string of the molecule is CC(NS(=O)(=O)c1ccc(C(=O)O)o1)c1ccccn1. The molecule has 0 spiro atoms. The van der Waals surface area contributed by atoms with Gasteiger partial charge in [-0.2, -0.15) is 4.72 Å². The maximum absolute atomic E-state index is 12.0. The van der Waals surface area contributed by atoms with E-state index in [1.54, 1.807) is 31.3 Å². The second-order valence-electron chi connectivity index (χ2n) is 4.02. The molecule has 0 fully saturated rings. The average molecular weight is 296 g/mol. The van der Waals surface area contributed by atoms with Crippen molar-refractivity contribution < 1.29 is 22.7 Å². The van der Waals surface area contributed by atoms with Crippen molar-refractivity contribution in [1.82, 2.24) is 9.71 Å². The molecule has 0 aliphatic rings. The summed E-state index contributed by atoms with van der Waals surface area (Å²) in [6.07, 6.45) is 1.55. The molecule has 2 heterocycles. The van der Waals surface area contributed by atoms with Crippen molar-refractivity contribution in [3.63, 3.8) is 0 Å². The van der Waals surface area contributed by atoms with E-state index in [-0.39, 0.29) is 0 Å². The molecular weight excluding hydrogens is 284 g/mol. The highest BCUT2D eigenvalue weighted by Gasteiger charge is 2.23. The number of nitrogens with one attached hydrogen (secondary N) is 1. The minimum atomic E-state index is -3.94. The van der Waals surface area contributed by atoms with Crippen LogP contribution in [0.1, 0.15) is 29.2 Å². The summed E-state index contributed by atoms with van der Waals surface area (Å²) in [5, 5.41) is 8.26. The van der Waals surface area contributed by atoms with Gasteiger partial charge in [0.05, 0.1) is 11.7 Å². The lowest BCUT2D eigenvalue weighted by Crippen LogP contribution is -2.27. The molecule has 1 atom stereocenters. The number of nitrogens with zero attached hydrogens (tertiary/aromatic N) is 1. The second kappa shape index (κ2) is 5.43. The van der Waals surface area contributed by atoms with Crippen LogP contribution in [0.3, 0.4) is 0 Å². The number of aromatic carboxylic acids is 1. The van der Waals surface area contributed by atoms with E-state index in [9.17, 15) is 13.2 Å². The van der Waals surface area contributed by atoms with Crippen LogP contribution in [0.25, 0.3) is 0 Å². The Morgan fingerprint density at radius 1 is 1.35 bits per heavy atom. The van der Waals surface area contributed by atoms with Gasteiger partial charge in [-0.3, -0.25) is 4.98 Å². The van der Waals surface area contributed by atoms with Crippen LogP contribution >= 0.6 is 0 Å². The van der Waals surface area contributed by atoms with Gasteiger partial charge in [0, 0.05) is 6.20 Å². The summed E-state index contributed by atoms with van der Waals surface area (Å²) in [4.78, 5) is 14.7. The molecule has 20 heavy (non-hydrogen) atoms. The monoisotopic (exact) mass is 296 g/mol. The van der Waals surface area contributed by atoms with E-state index >= 15 is 0 Å². The number of hydrogen-bond acceptors (Lipinski definition) is 5. The van der Waals surface area contributed by atoms with Crippen molar-refractivity contribution in [2.75, 3.05) is 0 Å². The Kier molecular flexibility index (Phi) is 3.86. The number of carboxylic acid groups (broad SMARTS) is 1. The zero-order valence-electron chi connectivity index (χ0n) is 10.5. The fourth-order valence-corrected chi connectivity index (χ4v) is 2.71. The summed E-state index contributed by atoms with van der Waals surface area (Å²) in [5.41, 5.74) is 0.543. The lowest BCUT2D eigenvalue weighted by Gasteiger charge is -2.12. The van der Waals surface area contributed by atoms with E-state index in [1.165, 1.54) is 0 Å².